The van der Waals surface area contributed by atoms with Gasteiger partial charge in [-0.05, 0) is 24.1 Å². The molecule has 1 aromatic carbocycles. The summed E-state index contributed by atoms with van der Waals surface area (Å²) in [6, 6.07) is 6.29. The minimum atomic E-state index is -0.245. The van der Waals surface area contributed by atoms with E-state index in [9.17, 15) is 9.18 Å². The molecule has 0 aliphatic carbocycles. The van der Waals surface area contributed by atoms with Crippen molar-refractivity contribution in [1.82, 2.24) is 9.55 Å². The number of aromatic nitrogens is 2. The number of hydrogen-bond acceptors (Lipinski definition) is 2. The molecule has 0 aliphatic rings. The number of hydrogen-bond donors (Lipinski definition) is 0. The Labute approximate surface area is 105 Å². The molecule has 3 nitrogen and oxygen atoms in total. The number of carbonyl (C=O) groups excluding carboxylic acids is 1. The van der Waals surface area contributed by atoms with Crippen LogP contribution >= 0.6 is 0 Å². The summed E-state index contributed by atoms with van der Waals surface area (Å²) in [5.74, 6) is -0.0294. The Morgan fingerprint density at radius 1 is 1.22 bits per heavy atom. The maximum atomic E-state index is 12.7. The second-order valence-corrected chi connectivity index (χ2v) is 4.22. The fourth-order valence-corrected chi connectivity index (χ4v) is 1.73. The Bertz CT molecular complexity index is 491. The molecule has 0 aliphatic heterocycles. The van der Waals surface area contributed by atoms with Crippen molar-refractivity contribution in [3.8, 4) is 0 Å². The Morgan fingerprint density at radius 2 is 2.00 bits per heavy atom. The van der Waals surface area contributed by atoms with Crippen molar-refractivity contribution in [2.24, 2.45) is 0 Å². The molecular weight excluding hydrogens is 231 g/mol. The van der Waals surface area contributed by atoms with Crippen LogP contribution in [-0.4, -0.2) is 15.3 Å². The second-order valence-electron chi connectivity index (χ2n) is 4.22. The van der Waals surface area contributed by atoms with E-state index in [-0.39, 0.29) is 11.6 Å². The van der Waals surface area contributed by atoms with Crippen LogP contribution in [0.3, 0.4) is 0 Å². The minimum Gasteiger partial charge on any atom is -0.337 e. The Kier molecular flexibility index (Phi) is 4.23. The molecule has 0 saturated carbocycles. The number of nitrogens with zero attached hydrogens (tertiary/aromatic N) is 2. The average Bonchev–Trinajstić information content (AvgIpc) is 2.89. The van der Waals surface area contributed by atoms with Crippen LogP contribution in [0.25, 0.3) is 0 Å². The zero-order valence-corrected chi connectivity index (χ0v) is 10.1. The van der Waals surface area contributed by atoms with Crippen molar-refractivity contribution in [2.45, 2.75) is 25.8 Å². The van der Waals surface area contributed by atoms with Gasteiger partial charge in [0.2, 0.25) is 0 Å². The molecule has 0 radical (unpaired) electrons. The summed E-state index contributed by atoms with van der Waals surface area (Å²) in [4.78, 5) is 15.6. The molecule has 0 fully saturated rings. The van der Waals surface area contributed by atoms with E-state index in [1.807, 2.05) is 10.8 Å². The lowest BCUT2D eigenvalue weighted by Gasteiger charge is -2.03. The van der Waals surface area contributed by atoms with Gasteiger partial charge in [-0.25, -0.2) is 9.37 Å². The standard InChI is InChI=1S/C14H15FN2O/c15-13-4-1-12(2-5-13)3-6-14(18)7-9-17-10-8-16-11-17/h1-2,4-5,8,10-11H,3,6-7,9H2. The fourth-order valence-electron chi connectivity index (χ4n) is 1.73. The van der Waals surface area contributed by atoms with Gasteiger partial charge in [0, 0.05) is 31.8 Å². The van der Waals surface area contributed by atoms with Crippen LogP contribution in [0.2, 0.25) is 0 Å². The van der Waals surface area contributed by atoms with Crippen LogP contribution in [0.4, 0.5) is 4.39 Å². The molecule has 0 bridgehead atoms. The molecule has 0 amide bonds. The SMILES string of the molecule is O=C(CCc1ccc(F)cc1)CCn1ccnc1. The summed E-state index contributed by atoms with van der Waals surface area (Å²) in [7, 11) is 0. The Morgan fingerprint density at radius 3 is 2.67 bits per heavy atom. The first kappa shape index (κ1) is 12.5. The maximum absolute atomic E-state index is 12.7. The highest BCUT2D eigenvalue weighted by atomic mass is 19.1. The number of halogens is 1. The van der Waals surface area contributed by atoms with Crippen molar-refractivity contribution in [1.29, 1.82) is 0 Å². The molecule has 1 heterocycles. The third kappa shape index (κ3) is 3.80. The van der Waals surface area contributed by atoms with Crippen LogP contribution in [-0.2, 0) is 17.8 Å². The Hall–Kier alpha value is -1.97. The van der Waals surface area contributed by atoms with Crippen molar-refractivity contribution >= 4 is 5.78 Å². The van der Waals surface area contributed by atoms with Gasteiger partial charge in [-0.1, -0.05) is 12.1 Å². The van der Waals surface area contributed by atoms with Crippen LogP contribution < -0.4 is 0 Å². The number of rotatable bonds is 6. The predicted octanol–water partition coefficient (Wildman–Crippen LogP) is 2.61. The molecule has 2 rings (SSSR count). The van der Waals surface area contributed by atoms with Crippen molar-refractivity contribution in [2.75, 3.05) is 0 Å². The highest BCUT2D eigenvalue weighted by molar-refractivity contribution is 5.78. The first-order valence-corrected chi connectivity index (χ1v) is 5.96. The molecule has 2 aromatic rings. The minimum absolute atomic E-state index is 0.216. The number of imidazole rings is 1. The molecule has 0 saturated heterocycles. The van der Waals surface area contributed by atoms with Crippen molar-refractivity contribution in [3.05, 3.63) is 54.4 Å². The Balaban J connectivity index is 1.73. The summed E-state index contributed by atoms with van der Waals surface area (Å²) in [6.45, 7) is 0.669. The first-order valence-electron chi connectivity index (χ1n) is 5.96. The molecule has 18 heavy (non-hydrogen) atoms. The largest absolute Gasteiger partial charge is 0.337 e. The average molecular weight is 246 g/mol. The van der Waals surface area contributed by atoms with E-state index in [1.54, 1.807) is 24.7 Å². The van der Waals surface area contributed by atoms with Gasteiger partial charge in [0.1, 0.15) is 11.6 Å². The lowest BCUT2D eigenvalue weighted by Crippen LogP contribution is -2.05. The first-order chi connectivity index (χ1) is 8.74. The van der Waals surface area contributed by atoms with Crippen molar-refractivity contribution in [3.63, 3.8) is 0 Å². The van der Waals surface area contributed by atoms with E-state index >= 15 is 0 Å². The lowest BCUT2D eigenvalue weighted by atomic mass is 10.1. The van der Waals surface area contributed by atoms with Gasteiger partial charge in [0.15, 0.2) is 0 Å². The van der Waals surface area contributed by atoms with E-state index in [1.165, 1.54) is 12.1 Å². The molecule has 0 atom stereocenters. The normalized spacial score (nSPS) is 10.5. The van der Waals surface area contributed by atoms with Crippen LogP contribution in [0.15, 0.2) is 43.0 Å². The van der Waals surface area contributed by atoms with Crippen molar-refractivity contribution < 1.29 is 9.18 Å². The molecule has 0 unspecified atom stereocenters. The number of carbonyl (C=O) groups is 1. The second kappa shape index (κ2) is 6.10. The summed E-state index contributed by atoms with van der Waals surface area (Å²) in [6.07, 6.45) is 6.92. The smallest absolute Gasteiger partial charge is 0.135 e. The van der Waals surface area contributed by atoms with Gasteiger partial charge in [0.25, 0.3) is 0 Å². The summed E-state index contributed by atoms with van der Waals surface area (Å²) >= 11 is 0. The van der Waals surface area contributed by atoms with Crippen LogP contribution in [0, 0.1) is 5.82 Å². The zero-order chi connectivity index (χ0) is 12.8. The van der Waals surface area contributed by atoms with Gasteiger partial charge in [-0.15, -0.1) is 0 Å². The van der Waals surface area contributed by atoms with E-state index in [0.29, 0.717) is 25.8 Å². The highest BCUT2D eigenvalue weighted by Gasteiger charge is 2.03. The predicted molar refractivity (Wildman–Crippen MR) is 66.6 cm³/mol. The van der Waals surface area contributed by atoms with Gasteiger partial charge >= 0.3 is 0 Å². The van der Waals surface area contributed by atoms with Gasteiger partial charge in [-0.3, -0.25) is 4.79 Å². The zero-order valence-electron chi connectivity index (χ0n) is 10.1. The summed E-state index contributed by atoms with van der Waals surface area (Å²) in [5.41, 5.74) is 0.993. The number of aryl methyl sites for hydroxylation is 2. The van der Waals surface area contributed by atoms with E-state index < -0.39 is 0 Å². The van der Waals surface area contributed by atoms with Crippen LogP contribution in [0.1, 0.15) is 18.4 Å². The van der Waals surface area contributed by atoms with E-state index in [0.717, 1.165) is 5.56 Å². The molecule has 94 valence electrons. The molecule has 0 N–H and O–H groups in total. The number of ketones is 1. The van der Waals surface area contributed by atoms with E-state index in [2.05, 4.69) is 4.98 Å². The maximum Gasteiger partial charge on any atom is 0.135 e. The summed E-state index contributed by atoms with van der Waals surface area (Å²) in [5, 5.41) is 0. The van der Waals surface area contributed by atoms with Crippen LogP contribution in [0.5, 0.6) is 0 Å². The topological polar surface area (TPSA) is 34.9 Å². The highest BCUT2D eigenvalue weighted by Crippen LogP contribution is 2.07. The molecule has 1 aromatic heterocycles. The van der Waals surface area contributed by atoms with E-state index in [4.69, 9.17) is 0 Å². The quantitative estimate of drug-likeness (QED) is 0.785. The molecule has 4 heteroatoms. The number of Topliss-reactive ketones (excluding diaryl/α,β-unsaturated/α-hetero) is 1. The monoisotopic (exact) mass is 246 g/mol. The van der Waals surface area contributed by atoms with Gasteiger partial charge in [-0.2, -0.15) is 0 Å². The molecular formula is C14H15FN2O. The number of benzene rings is 1. The third-order valence-corrected chi connectivity index (χ3v) is 2.81. The third-order valence-electron chi connectivity index (χ3n) is 2.81. The lowest BCUT2D eigenvalue weighted by molar-refractivity contribution is -0.119. The molecule has 0 spiro atoms. The van der Waals surface area contributed by atoms with Gasteiger partial charge < -0.3 is 4.57 Å². The summed E-state index contributed by atoms with van der Waals surface area (Å²) < 4.78 is 14.6. The fraction of sp³-hybridized carbons (Fsp3) is 0.286. The van der Waals surface area contributed by atoms with Gasteiger partial charge in [0.05, 0.1) is 6.33 Å².